The summed E-state index contributed by atoms with van der Waals surface area (Å²) in [5, 5.41) is 0. The Bertz CT molecular complexity index is 315. The van der Waals surface area contributed by atoms with E-state index in [1.54, 1.807) is 12.1 Å². The zero-order chi connectivity index (χ0) is 10.7. The van der Waals surface area contributed by atoms with Crippen LogP contribution in [-0.2, 0) is 0 Å². The minimum Gasteiger partial charge on any atom is -0.492 e. The Labute approximate surface area is 83.5 Å². The van der Waals surface area contributed by atoms with Crippen molar-refractivity contribution < 1.29 is 9.13 Å². The summed E-state index contributed by atoms with van der Waals surface area (Å²) in [6.07, 6.45) is 0. The Balaban J connectivity index is 2.96. The van der Waals surface area contributed by atoms with E-state index in [-0.39, 0.29) is 11.8 Å². The fraction of sp³-hybridized carbons (Fsp3) is 0.500. The van der Waals surface area contributed by atoms with Gasteiger partial charge in [-0.15, -0.1) is 0 Å². The van der Waals surface area contributed by atoms with Gasteiger partial charge in [0.2, 0.25) is 0 Å². The average Bonchev–Trinajstić information content (AvgIpc) is 2.16. The van der Waals surface area contributed by atoms with Crippen molar-refractivity contribution in [3.63, 3.8) is 0 Å². The molecule has 78 valence electrons. The van der Waals surface area contributed by atoms with Gasteiger partial charge in [0.15, 0.2) is 5.75 Å². The smallest absolute Gasteiger partial charge is 0.257 e. The molecular weight excluding hydrogens is 183 g/mol. The highest BCUT2D eigenvalue weighted by Gasteiger charge is 2.10. The topological polar surface area (TPSA) is 25.4 Å². The van der Waals surface area contributed by atoms with Crippen molar-refractivity contribution in [1.29, 1.82) is 0 Å². The largest absolute Gasteiger partial charge is 0.492 e. The summed E-state index contributed by atoms with van der Waals surface area (Å²) in [4.78, 5) is 5.69. The van der Waals surface area contributed by atoms with E-state index in [1.807, 2.05) is 25.8 Å². The highest BCUT2D eigenvalue weighted by molar-refractivity contribution is 5.41. The summed E-state index contributed by atoms with van der Waals surface area (Å²) in [6.45, 7) is 4.04. The molecule has 3 nitrogen and oxygen atoms in total. The van der Waals surface area contributed by atoms with E-state index in [9.17, 15) is 4.39 Å². The van der Waals surface area contributed by atoms with Crippen LogP contribution in [0.2, 0.25) is 0 Å². The summed E-state index contributed by atoms with van der Waals surface area (Å²) in [6, 6.07) is 3.61. The number of methoxy groups -OCH3 is 1. The van der Waals surface area contributed by atoms with Gasteiger partial charge >= 0.3 is 0 Å². The van der Waals surface area contributed by atoms with E-state index in [4.69, 9.17) is 4.74 Å². The highest BCUT2D eigenvalue weighted by Crippen LogP contribution is 2.19. The van der Waals surface area contributed by atoms with Gasteiger partial charge in [0.25, 0.3) is 5.95 Å². The first-order chi connectivity index (χ1) is 6.56. The fourth-order valence-electron chi connectivity index (χ4n) is 1.03. The molecular formula is C10H15FN2O. The van der Waals surface area contributed by atoms with Crippen molar-refractivity contribution in [2.75, 3.05) is 19.1 Å². The molecule has 0 aliphatic heterocycles. The number of ether oxygens (including phenoxy) is 1. The van der Waals surface area contributed by atoms with Crippen LogP contribution in [0.3, 0.4) is 0 Å². The van der Waals surface area contributed by atoms with Gasteiger partial charge in [-0.05, 0) is 26.0 Å². The van der Waals surface area contributed by atoms with Crippen LogP contribution < -0.4 is 9.64 Å². The number of anilines is 1. The first-order valence-corrected chi connectivity index (χ1v) is 4.49. The standard InChI is InChI=1S/C10H15FN2O/c1-7(2)13(3)9-6-5-8(14-4)10(11)12-9/h5-7H,1-4H3. The van der Waals surface area contributed by atoms with Crippen LogP contribution in [0.5, 0.6) is 5.75 Å². The van der Waals surface area contributed by atoms with Crippen LogP contribution in [0, 0.1) is 5.95 Å². The van der Waals surface area contributed by atoms with Crippen LogP contribution in [0.1, 0.15) is 13.8 Å². The lowest BCUT2D eigenvalue weighted by molar-refractivity contribution is 0.377. The van der Waals surface area contributed by atoms with Crippen molar-refractivity contribution in [2.45, 2.75) is 19.9 Å². The summed E-state index contributed by atoms with van der Waals surface area (Å²) in [5.74, 6) is 0.210. The molecule has 1 aromatic rings. The van der Waals surface area contributed by atoms with E-state index in [0.29, 0.717) is 5.82 Å². The molecule has 1 aromatic heterocycles. The lowest BCUT2D eigenvalue weighted by Gasteiger charge is -2.22. The molecule has 0 N–H and O–H groups in total. The third-order valence-corrected chi connectivity index (χ3v) is 2.16. The third-order valence-electron chi connectivity index (χ3n) is 2.16. The Morgan fingerprint density at radius 3 is 2.50 bits per heavy atom. The zero-order valence-corrected chi connectivity index (χ0v) is 8.91. The third kappa shape index (κ3) is 2.13. The first kappa shape index (κ1) is 10.8. The van der Waals surface area contributed by atoms with Crippen LogP contribution in [-0.4, -0.2) is 25.2 Å². The summed E-state index contributed by atoms with van der Waals surface area (Å²) in [7, 11) is 3.30. The van der Waals surface area contributed by atoms with Gasteiger partial charge in [-0.2, -0.15) is 9.37 Å². The molecule has 0 fully saturated rings. The number of pyridine rings is 1. The van der Waals surface area contributed by atoms with Crippen LogP contribution in [0.25, 0.3) is 0 Å². The van der Waals surface area contributed by atoms with Crippen molar-refractivity contribution in [3.05, 3.63) is 18.1 Å². The van der Waals surface area contributed by atoms with Gasteiger partial charge in [0, 0.05) is 13.1 Å². The van der Waals surface area contributed by atoms with E-state index in [2.05, 4.69) is 4.98 Å². The lowest BCUT2D eigenvalue weighted by Crippen LogP contribution is -2.26. The number of hydrogen-bond donors (Lipinski definition) is 0. The minimum atomic E-state index is -0.572. The molecule has 0 radical (unpaired) electrons. The molecule has 0 saturated carbocycles. The molecule has 0 saturated heterocycles. The molecule has 1 rings (SSSR count). The predicted octanol–water partition coefficient (Wildman–Crippen LogP) is 2.07. The van der Waals surface area contributed by atoms with E-state index in [0.717, 1.165) is 0 Å². The maximum absolute atomic E-state index is 13.2. The molecule has 1 heterocycles. The van der Waals surface area contributed by atoms with Crippen molar-refractivity contribution >= 4 is 5.82 Å². The highest BCUT2D eigenvalue weighted by atomic mass is 19.1. The average molecular weight is 198 g/mol. The maximum atomic E-state index is 13.2. The Kier molecular flexibility index (Phi) is 3.28. The molecule has 0 atom stereocenters. The van der Waals surface area contributed by atoms with Crippen LogP contribution >= 0.6 is 0 Å². The molecule has 4 heteroatoms. The van der Waals surface area contributed by atoms with Crippen molar-refractivity contribution in [2.24, 2.45) is 0 Å². The summed E-state index contributed by atoms with van der Waals surface area (Å²) in [5.41, 5.74) is 0. The second-order valence-electron chi connectivity index (χ2n) is 3.37. The predicted molar refractivity (Wildman–Crippen MR) is 54.3 cm³/mol. The summed E-state index contributed by atoms with van der Waals surface area (Å²) < 4.78 is 18.0. The lowest BCUT2D eigenvalue weighted by atomic mass is 10.3. The van der Waals surface area contributed by atoms with Gasteiger partial charge in [-0.25, -0.2) is 0 Å². The van der Waals surface area contributed by atoms with Crippen molar-refractivity contribution in [3.8, 4) is 5.75 Å². The number of rotatable bonds is 3. The Hall–Kier alpha value is -1.32. The summed E-state index contributed by atoms with van der Waals surface area (Å²) >= 11 is 0. The Morgan fingerprint density at radius 2 is 2.07 bits per heavy atom. The molecule has 0 aliphatic carbocycles. The van der Waals surface area contributed by atoms with Crippen molar-refractivity contribution in [1.82, 2.24) is 4.98 Å². The van der Waals surface area contributed by atoms with E-state index >= 15 is 0 Å². The quantitative estimate of drug-likeness (QED) is 0.695. The van der Waals surface area contributed by atoms with Gasteiger partial charge in [0.05, 0.1) is 7.11 Å². The zero-order valence-electron chi connectivity index (χ0n) is 8.91. The SMILES string of the molecule is COc1ccc(N(C)C(C)C)nc1F. The number of nitrogens with zero attached hydrogens (tertiary/aromatic N) is 2. The van der Waals surface area contributed by atoms with Gasteiger partial charge in [-0.3, -0.25) is 0 Å². The molecule has 0 aromatic carbocycles. The van der Waals surface area contributed by atoms with E-state index in [1.165, 1.54) is 7.11 Å². The number of hydrogen-bond acceptors (Lipinski definition) is 3. The number of halogens is 1. The number of aromatic nitrogens is 1. The molecule has 0 aliphatic rings. The second kappa shape index (κ2) is 4.26. The maximum Gasteiger partial charge on any atom is 0.257 e. The van der Waals surface area contributed by atoms with Crippen LogP contribution in [0.15, 0.2) is 12.1 Å². The van der Waals surface area contributed by atoms with Gasteiger partial charge in [0.1, 0.15) is 5.82 Å². The van der Waals surface area contributed by atoms with Gasteiger partial charge in [-0.1, -0.05) is 0 Å². The van der Waals surface area contributed by atoms with Gasteiger partial charge < -0.3 is 9.64 Å². The molecule has 0 bridgehead atoms. The van der Waals surface area contributed by atoms with E-state index < -0.39 is 5.95 Å². The molecule has 0 amide bonds. The minimum absolute atomic E-state index is 0.172. The molecule has 0 unspecified atom stereocenters. The normalized spacial score (nSPS) is 10.4. The monoisotopic (exact) mass is 198 g/mol. The second-order valence-corrected chi connectivity index (χ2v) is 3.37. The first-order valence-electron chi connectivity index (χ1n) is 4.49. The Morgan fingerprint density at radius 1 is 1.43 bits per heavy atom. The van der Waals surface area contributed by atoms with Crippen LogP contribution in [0.4, 0.5) is 10.2 Å². The molecule has 0 spiro atoms. The molecule has 14 heavy (non-hydrogen) atoms. The fourth-order valence-corrected chi connectivity index (χ4v) is 1.03.